The van der Waals surface area contributed by atoms with Gasteiger partial charge in [0.05, 0.1) is 29.1 Å². The molecule has 0 atom stereocenters. The van der Waals surface area contributed by atoms with Gasteiger partial charge in [-0.3, -0.25) is 9.36 Å². The van der Waals surface area contributed by atoms with Gasteiger partial charge in [-0.05, 0) is 48.7 Å². The summed E-state index contributed by atoms with van der Waals surface area (Å²) in [5.41, 5.74) is 1.99. The van der Waals surface area contributed by atoms with E-state index >= 15 is 0 Å². The average molecular weight is 406 g/mol. The van der Waals surface area contributed by atoms with Gasteiger partial charge in [-0.15, -0.1) is 0 Å². The Morgan fingerprint density at radius 2 is 1.77 bits per heavy atom. The Balaban J connectivity index is 1.52. The van der Waals surface area contributed by atoms with Crippen LogP contribution in [0.3, 0.4) is 0 Å². The van der Waals surface area contributed by atoms with Gasteiger partial charge in [0.1, 0.15) is 12.4 Å². The van der Waals surface area contributed by atoms with E-state index in [9.17, 15) is 14.4 Å². The number of aryl methyl sites for hydroxylation is 1. The second kappa shape index (κ2) is 8.49. The van der Waals surface area contributed by atoms with Crippen molar-refractivity contribution < 1.29 is 19.1 Å². The Morgan fingerprint density at radius 1 is 1.00 bits per heavy atom. The SMILES string of the molecule is COC(=O)c1ccc(COC(=O)c2ccc3c(=O)n4c(nc3c2)CCCCC4)cc1. The zero-order valence-corrected chi connectivity index (χ0v) is 16.7. The van der Waals surface area contributed by atoms with Crippen molar-refractivity contribution in [3.05, 3.63) is 75.3 Å². The van der Waals surface area contributed by atoms with E-state index in [0.717, 1.165) is 37.1 Å². The molecule has 1 aromatic heterocycles. The van der Waals surface area contributed by atoms with Crippen LogP contribution in [0, 0.1) is 0 Å². The van der Waals surface area contributed by atoms with Gasteiger partial charge in [-0.2, -0.15) is 0 Å². The van der Waals surface area contributed by atoms with Crippen molar-refractivity contribution in [3.63, 3.8) is 0 Å². The van der Waals surface area contributed by atoms with Crippen LogP contribution in [0.25, 0.3) is 10.9 Å². The molecule has 0 radical (unpaired) electrons. The number of methoxy groups -OCH3 is 1. The van der Waals surface area contributed by atoms with E-state index in [2.05, 4.69) is 9.72 Å². The summed E-state index contributed by atoms with van der Waals surface area (Å²) in [7, 11) is 1.32. The molecule has 30 heavy (non-hydrogen) atoms. The first-order valence-electron chi connectivity index (χ1n) is 9.94. The zero-order valence-electron chi connectivity index (χ0n) is 16.7. The lowest BCUT2D eigenvalue weighted by Gasteiger charge is -2.11. The van der Waals surface area contributed by atoms with Gasteiger partial charge in [0.25, 0.3) is 5.56 Å². The van der Waals surface area contributed by atoms with Crippen molar-refractivity contribution in [2.24, 2.45) is 0 Å². The number of esters is 2. The quantitative estimate of drug-likeness (QED) is 0.618. The second-order valence-electron chi connectivity index (χ2n) is 7.29. The number of fused-ring (bicyclic) bond motifs is 2. The number of aromatic nitrogens is 2. The third kappa shape index (κ3) is 3.96. The van der Waals surface area contributed by atoms with Crippen LogP contribution in [-0.4, -0.2) is 28.6 Å². The molecule has 0 bridgehead atoms. The van der Waals surface area contributed by atoms with Crippen LogP contribution in [0.1, 0.15) is 51.4 Å². The third-order valence-corrected chi connectivity index (χ3v) is 5.30. The second-order valence-corrected chi connectivity index (χ2v) is 7.29. The molecule has 1 aliphatic heterocycles. The Morgan fingerprint density at radius 3 is 2.53 bits per heavy atom. The first kappa shape index (κ1) is 19.8. The Hall–Kier alpha value is -3.48. The topological polar surface area (TPSA) is 87.5 Å². The molecule has 0 fully saturated rings. The van der Waals surface area contributed by atoms with E-state index < -0.39 is 11.9 Å². The fourth-order valence-corrected chi connectivity index (χ4v) is 3.63. The summed E-state index contributed by atoms with van der Waals surface area (Å²) in [4.78, 5) is 41.4. The predicted molar refractivity (Wildman–Crippen MR) is 110 cm³/mol. The summed E-state index contributed by atoms with van der Waals surface area (Å²) in [6.45, 7) is 0.758. The van der Waals surface area contributed by atoms with Crippen LogP contribution in [0.5, 0.6) is 0 Å². The summed E-state index contributed by atoms with van der Waals surface area (Å²) in [5.74, 6) is -0.136. The zero-order chi connectivity index (χ0) is 21.1. The molecule has 1 aliphatic rings. The Kier molecular flexibility index (Phi) is 5.61. The van der Waals surface area contributed by atoms with Crippen LogP contribution in [0.4, 0.5) is 0 Å². The average Bonchev–Trinajstić information content (AvgIpc) is 3.02. The number of rotatable bonds is 4. The molecule has 0 saturated heterocycles. The number of carbonyl (C=O) groups is 2. The lowest BCUT2D eigenvalue weighted by molar-refractivity contribution is 0.0471. The summed E-state index contributed by atoms with van der Waals surface area (Å²) in [6, 6.07) is 11.5. The molecule has 0 unspecified atom stereocenters. The predicted octanol–water partition coefficient (Wildman–Crippen LogP) is 3.27. The molecule has 0 saturated carbocycles. The van der Waals surface area contributed by atoms with Gasteiger partial charge in [0, 0.05) is 13.0 Å². The number of nitrogens with zero attached hydrogens (tertiary/aromatic N) is 2. The fraction of sp³-hybridized carbons (Fsp3) is 0.304. The number of carbonyl (C=O) groups excluding carboxylic acids is 2. The smallest absolute Gasteiger partial charge is 0.338 e. The molecule has 0 aliphatic carbocycles. The van der Waals surface area contributed by atoms with Crippen LogP contribution >= 0.6 is 0 Å². The minimum atomic E-state index is -0.495. The molecule has 0 amide bonds. The minimum absolute atomic E-state index is 0.0532. The van der Waals surface area contributed by atoms with Crippen molar-refractivity contribution in [3.8, 4) is 0 Å². The maximum atomic E-state index is 12.8. The molecule has 2 heterocycles. The van der Waals surface area contributed by atoms with E-state index in [1.807, 2.05) is 0 Å². The molecule has 0 spiro atoms. The number of benzene rings is 2. The monoisotopic (exact) mass is 406 g/mol. The lowest BCUT2D eigenvalue weighted by atomic mass is 10.1. The highest BCUT2D eigenvalue weighted by atomic mass is 16.5. The van der Waals surface area contributed by atoms with Crippen LogP contribution < -0.4 is 5.56 Å². The normalized spacial score (nSPS) is 13.4. The molecule has 3 aromatic rings. The summed E-state index contributed by atoms with van der Waals surface area (Å²) >= 11 is 0. The highest BCUT2D eigenvalue weighted by molar-refractivity contribution is 5.94. The molecular weight excluding hydrogens is 384 g/mol. The molecule has 7 heteroatoms. The van der Waals surface area contributed by atoms with Crippen molar-refractivity contribution in [2.45, 2.75) is 38.8 Å². The van der Waals surface area contributed by atoms with Crippen molar-refractivity contribution in [1.29, 1.82) is 0 Å². The van der Waals surface area contributed by atoms with Crippen molar-refractivity contribution >= 4 is 22.8 Å². The first-order chi connectivity index (χ1) is 14.6. The maximum Gasteiger partial charge on any atom is 0.338 e. The lowest BCUT2D eigenvalue weighted by Crippen LogP contribution is -2.24. The number of hydrogen-bond donors (Lipinski definition) is 0. The first-order valence-corrected chi connectivity index (χ1v) is 9.94. The highest BCUT2D eigenvalue weighted by Crippen LogP contribution is 2.17. The summed E-state index contributed by atoms with van der Waals surface area (Å²) in [6.07, 6.45) is 3.83. The molecule has 4 rings (SSSR count). The van der Waals surface area contributed by atoms with Crippen LogP contribution in [0.15, 0.2) is 47.3 Å². The summed E-state index contributed by atoms with van der Waals surface area (Å²) < 4.78 is 11.8. The summed E-state index contributed by atoms with van der Waals surface area (Å²) in [5, 5.41) is 0.510. The van der Waals surface area contributed by atoms with E-state index in [-0.39, 0.29) is 12.2 Å². The van der Waals surface area contributed by atoms with E-state index in [1.165, 1.54) is 7.11 Å². The van der Waals surface area contributed by atoms with Gasteiger partial charge in [0.15, 0.2) is 0 Å². The van der Waals surface area contributed by atoms with Crippen molar-refractivity contribution in [1.82, 2.24) is 9.55 Å². The van der Waals surface area contributed by atoms with Gasteiger partial charge >= 0.3 is 11.9 Å². The van der Waals surface area contributed by atoms with E-state index in [1.54, 1.807) is 47.0 Å². The van der Waals surface area contributed by atoms with Crippen LogP contribution in [0.2, 0.25) is 0 Å². The molecule has 0 N–H and O–H groups in total. The Labute approximate surface area is 173 Å². The fourth-order valence-electron chi connectivity index (χ4n) is 3.63. The number of hydrogen-bond acceptors (Lipinski definition) is 6. The van der Waals surface area contributed by atoms with E-state index in [0.29, 0.717) is 28.6 Å². The molecular formula is C23H22N2O5. The standard InChI is InChI=1S/C23H22N2O5/c1-29-22(27)16-8-6-15(7-9-16)14-30-23(28)17-10-11-18-19(13-17)24-20-5-3-2-4-12-25(20)21(18)26/h6-11,13H,2-5,12,14H2,1H3. The van der Waals surface area contributed by atoms with Gasteiger partial charge in [0.2, 0.25) is 0 Å². The van der Waals surface area contributed by atoms with Gasteiger partial charge in [-0.1, -0.05) is 18.6 Å². The van der Waals surface area contributed by atoms with Gasteiger partial charge < -0.3 is 9.47 Å². The maximum absolute atomic E-state index is 12.8. The highest BCUT2D eigenvalue weighted by Gasteiger charge is 2.16. The van der Waals surface area contributed by atoms with Gasteiger partial charge in [-0.25, -0.2) is 14.6 Å². The molecule has 7 nitrogen and oxygen atoms in total. The molecule has 154 valence electrons. The Bertz CT molecular complexity index is 1160. The van der Waals surface area contributed by atoms with Crippen LogP contribution in [-0.2, 0) is 29.0 Å². The molecule has 2 aromatic carbocycles. The number of ether oxygens (including phenoxy) is 2. The third-order valence-electron chi connectivity index (χ3n) is 5.30. The van der Waals surface area contributed by atoms with E-state index in [4.69, 9.17) is 4.74 Å². The largest absolute Gasteiger partial charge is 0.465 e. The van der Waals surface area contributed by atoms with Crippen molar-refractivity contribution in [2.75, 3.05) is 7.11 Å². The minimum Gasteiger partial charge on any atom is -0.465 e.